The molecule has 1 nitrogen and oxygen atoms in total. The second kappa shape index (κ2) is 3.58. The van der Waals surface area contributed by atoms with Crippen molar-refractivity contribution in [3.63, 3.8) is 0 Å². The number of ether oxygens (including phenoxy) is 1. The quantitative estimate of drug-likeness (QED) is 0.511. The van der Waals surface area contributed by atoms with Crippen molar-refractivity contribution >= 4 is 29.2 Å². The molecule has 0 aliphatic carbocycles. The summed E-state index contributed by atoms with van der Waals surface area (Å²) >= 11 is 8.44. The Bertz CT molecular complexity index is 220. The molecule has 0 saturated heterocycles. The van der Waals surface area contributed by atoms with Gasteiger partial charge in [0.1, 0.15) is 5.75 Å². The van der Waals surface area contributed by atoms with Crippen molar-refractivity contribution in [1.29, 1.82) is 0 Å². The maximum atomic E-state index is 5.01. The molecule has 1 aromatic carbocycles. The second-order valence-corrected chi connectivity index (χ2v) is 2.76. The van der Waals surface area contributed by atoms with Gasteiger partial charge in [0.05, 0.1) is 0 Å². The van der Waals surface area contributed by atoms with E-state index in [2.05, 4.69) is 24.8 Å². The number of hydrogen-bond acceptors (Lipinski definition) is 2. The van der Waals surface area contributed by atoms with Crippen LogP contribution in [0.3, 0.4) is 0 Å². The van der Waals surface area contributed by atoms with Gasteiger partial charge in [0.25, 0.3) is 0 Å². The number of thiol groups is 1. The third kappa shape index (κ3) is 2.37. The molecule has 0 aromatic heterocycles. The van der Waals surface area contributed by atoms with Gasteiger partial charge in [-0.15, -0.1) is 0 Å². The van der Waals surface area contributed by atoms with Crippen molar-refractivity contribution in [3.8, 4) is 5.75 Å². The molecule has 0 bridgehead atoms. The fourth-order valence-electron chi connectivity index (χ4n) is 0.589. The molecule has 3 heteroatoms. The molecular formula is C7H6OS2. The maximum absolute atomic E-state index is 5.01. The van der Waals surface area contributed by atoms with Gasteiger partial charge in [-0.2, -0.15) is 0 Å². The zero-order valence-corrected chi connectivity index (χ0v) is 6.86. The fourth-order valence-corrected chi connectivity index (χ4v) is 0.791. The molecule has 0 heterocycles. The Kier molecular flexibility index (Phi) is 2.71. The van der Waals surface area contributed by atoms with E-state index in [9.17, 15) is 0 Å². The predicted molar refractivity (Wildman–Crippen MR) is 48.7 cm³/mol. The van der Waals surface area contributed by atoms with E-state index in [1.54, 1.807) is 0 Å². The standard InChI is InChI=1S/C7H6OS2/c9-7(10)8-6-4-2-1-3-5-6/h1-5H,(H,9,10). The van der Waals surface area contributed by atoms with Gasteiger partial charge in [-0.25, -0.2) is 0 Å². The number of benzene rings is 1. The SMILES string of the molecule is S=C(S)Oc1ccccc1. The summed E-state index contributed by atoms with van der Waals surface area (Å²) in [6.07, 6.45) is 0. The van der Waals surface area contributed by atoms with Gasteiger partial charge in [0.15, 0.2) is 0 Å². The summed E-state index contributed by atoms with van der Waals surface area (Å²) < 4.78 is 5.25. The van der Waals surface area contributed by atoms with Crippen LogP contribution in [-0.4, -0.2) is 4.38 Å². The molecule has 0 aliphatic rings. The van der Waals surface area contributed by atoms with Gasteiger partial charge in [-0.05, 0) is 24.4 Å². The minimum atomic E-state index is 0.242. The normalized spacial score (nSPS) is 8.90. The number of para-hydroxylation sites is 1. The molecule has 0 fully saturated rings. The summed E-state index contributed by atoms with van der Waals surface area (Å²) in [5.41, 5.74) is 0. The molecule has 0 radical (unpaired) electrons. The number of hydrogen-bond donors (Lipinski definition) is 1. The van der Waals surface area contributed by atoms with E-state index in [-0.39, 0.29) is 4.38 Å². The first kappa shape index (κ1) is 7.57. The smallest absolute Gasteiger partial charge is 0.222 e. The summed E-state index contributed by atoms with van der Waals surface area (Å²) in [4.78, 5) is 0. The van der Waals surface area contributed by atoms with Crippen molar-refractivity contribution in [2.24, 2.45) is 0 Å². The highest BCUT2D eigenvalue weighted by atomic mass is 32.1. The molecule has 52 valence electrons. The third-order valence-electron chi connectivity index (χ3n) is 0.948. The Hall–Kier alpha value is -0.540. The van der Waals surface area contributed by atoms with Gasteiger partial charge < -0.3 is 4.74 Å². The summed E-state index contributed by atoms with van der Waals surface area (Å²) in [6, 6.07) is 9.31. The van der Waals surface area contributed by atoms with Crippen LogP contribution in [0.4, 0.5) is 0 Å². The lowest BCUT2D eigenvalue weighted by molar-refractivity contribution is 0.580. The molecule has 10 heavy (non-hydrogen) atoms. The predicted octanol–water partition coefficient (Wildman–Crippen LogP) is 2.28. The number of rotatable bonds is 1. The van der Waals surface area contributed by atoms with Crippen LogP contribution in [0.2, 0.25) is 0 Å². The second-order valence-electron chi connectivity index (χ2n) is 1.68. The molecule has 0 unspecified atom stereocenters. The molecule has 0 spiro atoms. The Balaban J connectivity index is 2.67. The first-order valence-corrected chi connectivity index (χ1v) is 3.60. The Morgan fingerprint density at radius 2 is 1.90 bits per heavy atom. The van der Waals surface area contributed by atoms with Crippen LogP contribution < -0.4 is 4.74 Å². The highest BCUT2D eigenvalue weighted by molar-refractivity contribution is 8.10. The van der Waals surface area contributed by atoms with Gasteiger partial charge in [-0.1, -0.05) is 30.8 Å². The minimum absolute atomic E-state index is 0.242. The Morgan fingerprint density at radius 1 is 1.30 bits per heavy atom. The highest BCUT2D eigenvalue weighted by Gasteiger charge is 1.90. The van der Waals surface area contributed by atoms with Crippen LogP contribution in [0, 0.1) is 0 Å². The lowest BCUT2D eigenvalue weighted by Gasteiger charge is -1.99. The minimum Gasteiger partial charge on any atom is -0.440 e. The first-order valence-electron chi connectivity index (χ1n) is 2.75. The van der Waals surface area contributed by atoms with Crippen molar-refractivity contribution in [1.82, 2.24) is 0 Å². The lowest BCUT2D eigenvalue weighted by Crippen LogP contribution is -1.94. The van der Waals surface area contributed by atoms with Crippen molar-refractivity contribution in [2.75, 3.05) is 0 Å². The highest BCUT2D eigenvalue weighted by Crippen LogP contribution is 2.09. The summed E-state index contributed by atoms with van der Waals surface area (Å²) in [5.74, 6) is 0.725. The van der Waals surface area contributed by atoms with E-state index in [4.69, 9.17) is 4.74 Å². The third-order valence-corrected chi connectivity index (χ3v) is 1.12. The van der Waals surface area contributed by atoms with E-state index in [0.717, 1.165) is 5.75 Å². The van der Waals surface area contributed by atoms with E-state index in [0.29, 0.717) is 0 Å². The maximum Gasteiger partial charge on any atom is 0.222 e. The van der Waals surface area contributed by atoms with Crippen molar-refractivity contribution < 1.29 is 4.74 Å². The van der Waals surface area contributed by atoms with Gasteiger partial charge in [-0.3, -0.25) is 0 Å². The Labute approximate surface area is 70.4 Å². The molecule has 0 atom stereocenters. The molecule has 0 saturated carbocycles. The van der Waals surface area contributed by atoms with E-state index in [1.165, 1.54) is 0 Å². The summed E-state index contributed by atoms with van der Waals surface area (Å²) in [6.45, 7) is 0. The molecule has 0 amide bonds. The van der Waals surface area contributed by atoms with E-state index < -0.39 is 0 Å². The largest absolute Gasteiger partial charge is 0.440 e. The number of thiocarbonyl (C=S) groups is 1. The first-order chi connectivity index (χ1) is 4.79. The molecular weight excluding hydrogens is 164 g/mol. The van der Waals surface area contributed by atoms with Crippen molar-refractivity contribution in [3.05, 3.63) is 30.3 Å². The molecule has 1 rings (SSSR count). The van der Waals surface area contributed by atoms with Gasteiger partial charge in [0.2, 0.25) is 4.38 Å². The zero-order valence-electron chi connectivity index (χ0n) is 5.15. The van der Waals surface area contributed by atoms with E-state index >= 15 is 0 Å². The fraction of sp³-hybridized carbons (Fsp3) is 0. The van der Waals surface area contributed by atoms with E-state index in [1.807, 2.05) is 30.3 Å². The average Bonchev–Trinajstić information content (AvgIpc) is 1.88. The zero-order chi connectivity index (χ0) is 7.40. The van der Waals surface area contributed by atoms with Gasteiger partial charge >= 0.3 is 0 Å². The summed E-state index contributed by atoms with van der Waals surface area (Å²) in [5, 5.41) is 0. The average molecular weight is 170 g/mol. The lowest BCUT2D eigenvalue weighted by atomic mass is 10.3. The van der Waals surface area contributed by atoms with Crippen LogP contribution in [0.5, 0.6) is 5.75 Å². The van der Waals surface area contributed by atoms with Crippen LogP contribution in [0.25, 0.3) is 0 Å². The van der Waals surface area contributed by atoms with Crippen molar-refractivity contribution in [2.45, 2.75) is 0 Å². The molecule has 0 aliphatic heterocycles. The van der Waals surface area contributed by atoms with Crippen LogP contribution in [-0.2, 0) is 0 Å². The van der Waals surface area contributed by atoms with Crippen LogP contribution in [0.15, 0.2) is 30.3 Å². The Morgan fingerprint density at radius 3 is 2.40 bits per heavy atom. The topological polar surface area (TPSA) is 9.23 Å². The molecule has 0 N–H and O–H groups in total. The molecule has 1 aromatic rings. The monoisotopic (exact) mass is 170 g/mol. The van der Waals surface area contributed by atoms with Gasteiger partial charge in [0, 0.05) is 0 Å². The summed E-state index contributed by atoms with van der Waals surface area (Å²) in [7, 11) is 0. The van der Waals surface area contributed by atoms with Crippen LogP contribution in [0.1, 0.15) is 0 Å². The van der Waals surface area contributed by atoms with Crippen LogP contribution >= 0.6 is 24.8 Å².